The Balaban J connectivity index is 2.39. The van der Waals surface area contributed by atoms with Crippen molar-refractivity contribution in [2.45, 2.75) is 12.3 Å². The Bertz CT molecular complexity index is 512. The lowest BCUT2D eigenvalue weighted by molar-refractivity contribution is -0.124. The maximum Gasteiger partial charge on any atom is 0.177 e. The summed E-state index contributed by atoms with van der Waals surface area (Å²) in [6, 6.07) is 14.2. The van der Waals surface area contributed by atoms with Gasteiger partial charge in [-0.3, -0.25) is 5.84 Å². The second-order valence-corrected chi connectivity index (χ2v) is 4.09. The van der Waals surface area contributed by atoms with Gasteiger partial charge in [0.25, 0.3) is 0 Å². The summed E-state index contributed by atoms with van der Waals surface area (Å²) in [7, 11) is 3.19. The van der Waals surface area contributed by atoms with Gasteiger partial charge in [-0.1, -0.05) is 36.4 Å². The summed E-state index contributed by atoms with van der Waals surface area (Å²) < 4.78 is 10.5. The first-order valence-corrected chi connectivity index (χ1v) is 5.80. The molecule has 4 heteroatoms. The van der Waals surface area contributed by atoms with Gasteiger partial charge in [-0.15, -0.1) is 0 Å². The number of hydrogen-bond acceptors (Lipinski definition) is 4. The van der Waals surface area contributed by atoms with Gasteiger partial charge in [0.05, 0.1) is 6.04 Å². The van der Waals surface area contributed by atoms with Crippen LogP contribution in [0.15, 0.2) is 42.5 Å². The van der Waals surface area contributed by atoms with Crippen LogP contribution < -0.4 is 11.3 Å². The number of nitrogens with two attached hydrogens (primary N) is 1. The molecule has 0 saturated heterocycles. The summed E-state index contributed by atoms with van der Waals surface area (Å²) in [5.41, 5.74) is 3.77. The van der Waals surface area contributed by atoms with E-state index < -0.39 is 6.29 Å². The van der Waals surface area contributed by atoms with Crippen LogP contribution in [-0.2, 0) is 9.47 Å². The standard InChI is InChI=1S/C14H18N2O2/c1-17-14(18-2)13(16-15)12-8-7-10-5-3-4-6-11(10)9-12/h3-9,13-14,16H,15H2,1-2H3. The Hall–Kier alpha value is -1.46. The highest BCUT2D eigenvalue weighted by Crippen LogP contribution is 2.23. The first-order chi connectivity index (χ1) is 8.80. The third-order valence-corrected chi connectivity index (χ3v) is 3.05. The van der Waals surface area contributed by atoms with E-state index in [-0.39, 0.29) is 6.04 Å². The summed E-state index contributed by atoms with van der Waals surface area (Å²) in [5, 5.41) is 2.37. The van der Waals surface area contributed by atoms with E-state index in [2.05, 4.69) is 29.7 Å². The zero-order chi connectivity index (χ0) is 13.0. The third-order valence-electron chi connectivity index (χ3n) is 3.05. The largest absolute Gasteiger partial charge is 0.354 e. The fourth-order valence-electron chi connectivity index (χ4n) is 2.10. The molecule has 0 bridgehead atoms. The van der Waals surface area contributed by atoms with Crippen LogP contribution in [0.2, 0.25) is 0 Å². The molecule has 0 aliphatic heterocycles. The van der Waals surface area contributed by atoms with Crippen molar-refractivity contribution in [1.29, 1.82) is 0 Å². The molecule has 0 radical (unpaired) electrons. The van der Waals surface area contributed by atoms with Crippen LogP contribution in [0.25, 0.3) is 10.8 Å². The molecule has 0 amide bonds. The minimum absolute atomic E-state index is 0.204. The van der Waals surface area contributed by atoms with Gasteiger partial charge in [0.15, 0.2) is 6.29 Å². The first kappa shape index (κ1) is 13.0. The summed E-state index contributed by atoms with van der Waals surface area (Å²) in [4.78, 5) is 0. The minimum atomic E-state index is -0.420. The molecular weight excluding hydrogens is 228 g/mol. The predicted octanol–water partition coefficient (Wildman–Crippen LogP) is 1.96. The van der Waals surface area contributed by atoms with E-state index in [9.17, 15) is 0 Å². The average Bonchev–Trinajstić information content (AvgIpc) is 2.44. The molecule has 0 heterocycles. The predicted molar refractivity (Wildman–Crippen MR) is 71.8 cm³/mol. The fourth-order valence-corrected chi connectivity index (χ4v) is 2.10. The summed E-state index contributed by atoms with van der Waals surface area (Å²) in [5.74, 6) is 5.59. The molecule has 0 fully saturated rings. The van der Waals surface area contributed by atoms with Crippen molar-refractivity contribution in [3.63, 3.8) is 0 Å². The molecule has 0 spiro atoms. The zero-order valence-corrected chi connectivity index (χ0v) is 10.6. The number of methoxy groups -OCH3 is 2. The fraction of sp³-hybridized carbons (Fsp3) is 0.286. The molecule has 96 valence electrons. The maximum atomic E-state index is 5.59. The zero-order valence-electron chi connectivity index (χ0n) is 10.6. The molecule has 2 aromatic rings. The van der Waals surface area contributed by atoms with Crippen LogP contribution in [0.5, 0.6) is 0 Å². The minimum Gasteiger partial charge on any atom is -0.354 e. The van der Waals surface area contributed by atoms with Crippen molar-refractivity contribution in [3.8, 4) is 0 Å². The molecule has 1 unspecified atom stereocenters. The number of ether oxygens (including phenoxy) is 2. The summed E-state index contributed by atoms with van der Waals surface area (Å²) in [6.45, 7) is 0. The molecule has 4 nitrogen and oxygen atoms in total. The highest BCUT2D eigenvalue weighted by molar-refractivity contribution is 5.83. The van der Waals surface area contributed by atoms with Crippen molar-refractivity contribution in [3.05, 3.63) is 48.0 Å². The maximum absolute atomic E-state index is 5.59. The van der Waals surface area contributed by atoms with E-state index in [4.69, 9.17) is 15.3 Å². The molecule has 3 N–H and O–H groups in total. The van der Waals surface area contributed by atoms with E-state index in [1.807, 2.05) is 18.2 Å². The lowest BCUT2D eigenvalue weighted by atomic mass is 10.0. The third kappa shape index (κ3) is 2.52. The highest BCUT2D eigenvalue weighted by Gasteiger charge is 2.21. The van der Waals surface area contributed by atoms with E-state index in [0.29, 0.717) is 0 Å². The molecule has 18 heavy (non-hydrogen) atoms. The molecule has 0 aliphatic carbocycles. The molecule has 0 aromatic heterocycles. The number of hydrogen-bond donors (Lipinski definition) is 2. The molecule has 2 rings (SSSR count). The Morgan fingerprint density at radius 3 is 2.28 bits per heavy atom. The van der Waals surface area contributed by atoms with Crippen molar-refractivity contribution in [2.24, 2.45) is 5.84 Å². The average molecular weight is 246 g/mol. The summed E-state index contributed by atoms with van der Waals surface area (Å²) in [6.07, 6.45) is -0.420. The van der Waals surface area contributed by atoms with Gasteiger partial charge < -0.3 is 9.47 Å². The lowest BCUT2D eigenvalue weighted by Gasteiger charge is -2.24. The topological polar surface area (TPSA) is 56.5 Å². The number of hydrazine groups is 1. The number of fused-ring (bicyclic) bond motifs is 1. The van der Waals surface area contributed by atoms with Gasteiger partial charge in [-0.2, -0.15) is 0 Å². The van der Waals surface area contributed by atoms with Crippen LogP contribution in [0.4, 0.5) is 0 Å². The van der Waals surface area contributed by atoms with Crippen molar-refractivity contribution in [2.75, 3.05) is 14.2 Å². The molecular formula is C14H18N2O2. The van der Waals surface area contributed by atoms with Gasteiger partial charge in [0, 0.05) is 14.2 Å². The van der Waals surface area contributed by atoms with Crippen molar-refractivity contribution < 1.29 is 9.47 Å². The SMILES string of the molecule is COC(OC)C(NN)c1ccc2ccccc2c1. The van der Waals surface area contributed by atoms with Gasteiger partial charge in [0.1, 0.15) is 0 Å². The summed E-state index contributed by atoms with van der Waals surface area (Å²) >= 11 is 0. The quantitative estimate of drug-likeness (QED) is 0.481. The van der Waals surface area contributed by atoms with Crippen LogP contribution in [0, 0.1) is 0 Å². The van der Waals surface area contributed by atoms with Crippen molar-refractivity contribution in [1.82, 2.24) is 5.43 Å². The smallest absolute Gasteiger partial charge is 0.177 e. The van der Waals surface area contributed by atoms with Crippen molar-refractivity contribution >= 4 is 10.8 Å². The second kappa shape index (κ2) is 5.93. The molecule has 1 atom stereocenters. The van der Waals surface area contributed by atoms with Crippen LogP contribution in [-0.4, -0.2) is 20.5 Å². The Morgan fingerprint density at radius 2 is 1.67 bits per heavy atom. The first-order valence-electron chi connectivity index (χ1n) is 5.80. The second-order valence-electron chi connectivity index (χ2n) is 4.09. The molecule has 2 aromatic carbocycles. The highest BCUT2D eigenvalue weighted by atomic mass is 16.7. The van der Waals surface area contributed by atoms with Crippen LogP contribution in [0.3, 0.4) is 0 Å². The number of benzene rings is 2. The lowest BCUT2D eigenvalue weighted by Crippen LogP contribution is -2.38. The van der Waals surface area contributed by atoms with E-state index in [1.165, 1.54) is 10.8 Å². The van der Waals surface area contributed by atoms with Gasteiger partial charge in [-0.05, 0) is 22.4 Å². The number of rotatable bonds is 5. The Labute approximate surface area is 107 Å². The number of nitrogens with one attached hydrogen (secondary N) is 1. The van der Waals surface area contributed by atoms with Gasteiger partial charge in [0.2, 0.25) is 0 Å². The van der Waals surface area contributed by atoms with Gasteiger partial charge in [-0.25, -0.2) is 5.43 Å². The van der Waals surface area contributed by atoms with Crippen LogP contribution >= 0.6 is 0 Å². The van der Waals surface area contributed by atoms with E-state index in [1.54, 1.807) is 14.2 Å². The normalized spacial score (nSPS) is 13.1. The molecule has 0 saturated carbocycles. The van der Waals surface area contributed by atoms with E-state index >= 15 is 0 Å². The van der Waals surface area contributed by atoms with Gasteiger partial charge >= 0.3 is 0 Å². The monoisotopic (exact) mass is 246 g/mol. The molecule has 0 aliphatic rings. The Morgan fingerprint density at radius 1 is 1.00 bits per heavy atom. The van der Waals surface area contributed by atoms with Crippen LogP contribution in [0.1, 0.15) is 11.6 Å². The van der Waals surface area contributed by atoms with E-state index in [0.717, 1.165) is 5.56 Å². The Kier molecular flexibility index (Phi) is 4.28.